The summed E-state index contributed by atoms with van der Waals surface area (Å²) in [6.45, 7) is 0.838. The molecule has 0 amide bonds. The number of hydrogen-bond donors (Lipinski definition) is 1. The molecule has 1 rings (SSSR count). The van der Waals surface area contributed by atoms with Gasteiger partial charge >= 0.3 is 6.18 Å². The van der Waals surface area contributed by atoms with Crippen molar-refractivity contribution in [1.29, 1.82) is 0 Å². The molecule has 1 atom stereocenters. The van der Waals surface area contributed by atoms with Crippen molar-refractivity contribution in [3.63, 3.8) is 0 Å². The lowest BCUT2D eigenvalue weighted by Crippen LogP contribution is -2.31. The SMILES string of the molecule is C[C@H](Oc1ncc(O)cc1Cl)C(F)(F)F. The molecule has 0 aliphatic carbocycles. The lowest BCUT2D eigenvalue weighted by Gasteiger charge is -2.17. The van der Waals surface area contributed by atoms with Crippen LogP contribution in [0.5, 0.6) is 11.6 Å². The first-order valence-electron chi connectivity index (χ1n) is 3.88. The van der Waals surface area contributed by atoms with Crippen LogP contribution in [-0.2, 0) is 0 Å². The summed E-state index contributed by atoms with van der Waals surface area (Å²) in [5, 5.41) is 8.73. The molecule has 0 aliphatic rings. The lowest BCUT2D eigenvalue weighted by atomic mass is 10.4. The molecule has 84 valence electrons. The van der Waals surface area contributed by atoms with Crippen molar-refractivity contribution in [2.24, 2.45) is 0 Å². The van der Waals surface area contributed by atoms with Crippen LogP contribution in [0.3, 0.4) is 0 Å². The first-order valence-corrected chi connectivity index (χ1v) is 4.26. The average molecular weight is 242 g/mol. The molecule has 0 spiro atoms. The Bertz CT molecular complexity index is 356. The van der Waals surface area contributed by atoms with Crippen LogP contribution in [0.4, 0.5) is 13.2 Å². The third kappa shape index (κ3) is 3.16. The minimum absolute atomic E-state index is 0.175. The zero-order valence-electron chi connectivity index (χ0n) is 7.55. The monoisotopic (exact) mass is 241 g/mol. The van der Waals surface area contributed by atoms with Gasteiger partial charge in [0.2, 0.25) is 5.88 Å². The number of halogens is 4. The third-order valence-electron chi connectivity index (χ3n) is 1.54. The fourth-order valence-electron chi connectivity index (χ4n) is 0.736. The smallest absolute Gasteiger partial charge is 0.425 e. The minimum Gasteiger partial charge on any atom is -0.506 e. The molecule has 1 N–H and O–H groups in total. The molecule has 0 bridgehead atoms. The predicted molar refractivity (Wildman–Crippen MR) is 47.1 cm³/mol. The van der Waals surface area contributed by atoms with Gasteiger partial charge in [-0.1, -0.05) is 11.6 Å². The van der Waals surface area contributed by atoms with E-state index < -0.39 is 12.3 Å². The van der Waals surface area contributed by atoms with E-state index in [1.807, 2.05) is 0 Å². The Morgan fingerprint density at radius 1 is 1.53 bits per heavy atom. The summed E-state index contributed by atoms with van der Waals surface area (Å²) in [5.74, 6) is -0.605. The van der Waals surface area contributed by atoms with Crippen molar-refractivity contribution in [1.82, 2.24) is 4.98 Å². The summed E-state index contributed by atoms with van der Waals surface area (Å²) in [7, 11) is 0. The van der Waals surface area contributed by atoms with Gasteiger partial charge in [-0.2, -0.15) is 13.2 Å². The highest BCUT2D eigenvalue weighted by Crippen LogP contribution is 2.29. The fraction of sp³-hybridized carbons (Fsp3) is 0.375. The molecule has 0 saturated carbocycles. The van der Waals surface area contributed by atoms with Crippen molar-refractivity contribution in [3.8, 4) is 11.6 Å². The van der Waals surface area contributed by atoms with Gasteiger partial charge in [0.05, 0.1) is 6.20 Å². The number of pyridine rings is 1. The second-order valence-corrected chi connectivity index (χ2v) is 3.19. The number of aromatic nitrogens is 1. The second-order valence-electron chi connectivity index (χ2n) is 2.78. The molecule has 7 heteroatoms. The van der Waals surface area contributed by atoms with E-state index in [9.17, 15) is 13.2 Å². The second kappa shape index (κ2) is 4.14. The fourth-order valence-corrected chi connectivity index (χ4v) is 0.941. The van der Waals surface area contributed by atoms with E-state index in [-0.39, 0.29) is 16.7 Å². The molecule has 0 saturated heterocycles. The molecule has 0 unspecified atom stereocenters. The molecule has 0 aliphatic heterocycles. The van der Waals surface area contributed by atoms with Crippen molar-refractivity contribution < 1.29 is 23.0 Å². The molecule has 0 radical (unpaired) electrons. The van der Waals surface area contributed by atoms with E-state index in [4.69, 9.17) is 16.7 Å². The van der Waals surface area contributed by atoms with Crippen molar-refractivity contribution in [2.75, 3.05) is 0 Å². The maximum absolute atomic E-state index is 12.1. The topological polar surface area (TPSA) is 42.4 Å². The highest BCUT2D eigenvalue weighted by atomic mass is 35.5. The van der Waals surface area contributed by atoms with Crippen molar-refractivity contribution in [2.45, 2.75) is 19.2 Å². The van der Waals surface area contributed by atoms with Crippen molar-refractivity contribution >= 4 is 11.6 Å². The van der Waals surface area contributed by atoms with Gasteiger partial charge in [0.15, 0.2) is 6.10 Å². The predicted octanol–water partition coefficient (Wildman–Crippen LogP) is 2.77. The van der Waals surface area contributed by atoms with Crippen LogP contribution in [-0.4, -0.2) is 22.4 Å². The lowest BCUT2D eigenvalue weighted by molar-refractivity contribution is -0.189. The van der Waals surface area contributed by atoms with E-state index in [0.717, 1.165) is 19.2 Å². The first kappa shape index (κ1) is 11.9. The number of nitrogens with zero attached hydrogens (tertiary/aromatic N) is 1. The van der Waals surface area contributed by atoms with Crippen LogP contribution in [0.15, 0.2) is 12.3 Å². The number of hydrogen-bond acceptors (Lipinski definition) is 3. The van der Waals surface area contributed by atoms with Gasteiger partial charge in [-0.15, -0.1) is 0 Å². The van der Waals surface area contributed by atoms with Gasteiger partial charge < -0.3 is 9.84 Å². The first-order chi connectivity index (χ1) is 6.80. The molecule has 0 fully saturated rings. The summed E-state index contributed by atoms with van der Waals surface area (Å²) in [6.07, 6.45) is -5.54. The van der Waals surface area contributed by atoms with Gasteiger partial charge in [-0.05, 0) is 6.92 Å². The molecule has 15 heavy (non-hydrogen) atoms. The minimum atomic E-state index is -4.48. The van der Waals surface area contributed by atoms with E-state index in [0.29, 0.717) is 0 Å². The van der Waals surface area contributed by atoms with E-state index in [1.54, 1.807) is 0 Å². The standard InChI is InChI=1S/C8H7ClF3NO2/c1-4(8(10,11)12)15-7-6(9)2-5(14)3-13-7/h2-4,14H,1H3/t4-/m0/s1. The largest absolute Gasteiger partial charge is 0.506 e. The Hall–Kier alpha value is -1.17. The number of rotatable bonds is 2. The Labute approximate surface area is 88.5 Å². The Kier molecular flexibility index (Phi) is 3.28. The van der Waals surface area contributed by atoms with Gasteiger partial charge in [0.25, 0.3) is 0 Å². The van der Waals surface area contributed by atoms with Gasteiger partial charge in [0, 0.05) is 6.07 Å². The molecular formula is C8H7ClF3NO2. The van der Waals surface area contributed by atoms with E-state index in [2.05, 4.69) is 9.72 Å². The number of ether oxygens (including phenoxy) is 1. The molecule has 3 nitrogen and oxygen atoms in total. The molecular weight excluding hydrogens is 235 g/mol. The van der Waals surface area contributed by atoms with Crippen LogP contribution in [0.1, 0.15) is 6.92 Å². The Morgan fingerprint density at radius 2 is 2.13 bits per heavy atom. The molecule has 0 aromatic carbocycles. The summed E-state index contributed by atoms with van der Waals surface area (Å²) in [6, 6.07) is 1.05. The highest BCUT2D eigenvalue weighted by molar-refractivity contribution is 6.31. The third-order valence-corrected chi connectivity index (χ3v) is 1.81. The van der Waals surface area contributed by atoms with Gasteiger partial charge in [-0.3, -0.25) is 0 Å². The summed E-state index contributed by atoms with van der Waals surface area (Å²) < 4.78 is 40.8. The average Bonchev–Trinajstić information content (AvgIpc) is 2.08. The molecule has 1 aromatic rings. The maximum Gasteiger partial charge on any atom is 0.425 e. The van der Waals surface area contributed by atoms with Gasteiger partial charge in [0.1, 0.15) is 10.8 Å². The van der Waals surface area contributed by atoms with Crippen LogP contribution < -0.4 is 4.74 Å². The van der Waals surface area contributed by atoms with E-state index in [1.165, 1.54) is 0 Å². The van der Waals surface area contributed by atoms with E-state index >= 15 is 0 Å². The van der Waals surface area contributed by atoms with Crippen LogP contribution in [0, 0.1) is 0 Å². The summed E-state index contributed by atoms with van der Waals surface area (Å²) in [5.41, 5.74) is 0. The Balaban J connectivity index is 2.82. The number of aromatic hydroxyl groups is 1. The maximum atomic E-state index is 12.1. The van der Waals surface area contributed by atoms with Crippen LogP contribution >= 0.6 is 11.6 Å². The molecule has 1 heterocycles. The number of alkyl halides is 3. The quantitative estimate of drug-likeness (QED) is 0.866. The highest BCUT2D eigenvalue weighted by Gasteiger charge is 2.38. The zero-order valence-corrected chi connectivity index (χ0v) is 8.30. The summed E-state index contributed by atoms with van der Waals surface area (Å²) in [4.78, 5) is 3.43. The summed E-state index contributed by atoms with van der Waals surface area (Å²) >= 11 is 5.51. The van der Waals surface area contributed by atoms with Crippen LogP contribution in [0.2, 0.25) is 5.02 Å². The zero-order chi connectivity index (χ0) is 11.6. The Morgan fingerprint density at radius 3 is 2.60 bits per heavy atom. The van der Waals surface area contributed by atoms with Crippen LogP contribution in [0.25, 0.3) is 0 Å². The molecule has 1 aromatic heterocycles. The van der Waals surface area contributed by atoms with Crippen molar-refractivity contribution in [3.05, 3.63) is 17.3 Å². The van der Waals surface area contributed by atoms with Gasteiger partial charge in [-0.25, -0.2) is 4.98 Å². The normalized spacial score (nSPS) is 13.7.